The molecule has 0 saturated heterocycles. The maximum absolute atomic E-state index is 9.56. The predicted molar refractivity (Wildman–Crippen MR) is 46.7 cm³/mol. The molecule has 0 aromatic heterocycles. The number of hydrogen-bond donors (Lipinski definition) is 2. The van der Waals surface area contributed by atoms with Crippen LogP contribution < -0.4 is 0 Å². The van der Waals surface area contributed by atoms with E-state index in [9.17, 15) is 10.2 Å². The van der Waals surface area contributed by atoms with Crippen molar-refractivity contribution in [3.05, 3.63) is 35.1 Å². The molecule has 1 unspecified atom stereocenters. The first-order valence-corrected chi connectivity index (χ1v) is 4.26. The summed E-state index contributed by atoms with van der Waals surface area (Å²) in [6.45, 7) is 0. The zero-order valence-corrected chi connectivity index (χ0v) is 6.83. The van der Waals surface area contributed by atoms with Gasteiger partial charge in [-0.3, -0.25) is 0 Å². The van der Waals surface area contributed by atoms with Gasteiger partial charge < -0.3 is 10.2 Å². The van der Waals surface area contributed by atoms with Crippen LogP contribution in [0.2, 0.25) is 0 Å². The molecule has 0 spiro atoms. The lowest BCUT2D eigenvalue weighted by atomic mass is 9.87. The van der Waals surface area contributed by atoms with Gasteiger partial charge >= 0.3 is 0 Å². The Morgan fingerprint density at radius 2 is 2.25 bits per heavy atom. The van der Waals surface area contributed by atoms with Gasteiger partial charge in [0.25, 0.3) is 0 Å². The first kappa shape index (κ1) is 7.62. The Labute approximate surface area is 71.5 Å². The van der Waals surface area contributed by atoms with E-state index in [-0.39, 0.29) is 0 Å². The molecule has 0 heterocycles. The minimum absolute atomic E-state index is 0.365. The van der Waals surface area contributed by atoms with Crippen LogP contribution in [0.25, 0.3) is 0 Å². The third-order valence-electron chi connectivity index (χ3n) is 2.36. The van der Waals surface area contributed by atoms with E-state index >= 15 is 0 Å². The van der Waals surface area contributed by atoms with Crippen molar-refractivity contribution in [1.82, 2.24) is 0 Å². The molecule has 2 aliphatic rings. The summed E-state index contributed by atoms with van der Waals surface area (Å²) in [6, 6.07) is 0. The highest BCUT2D eigenvalue weighted by Gasteiger charge is 2.22. The monoisotopic (exact) mass is 164 g/mol. The molecule has 2 heteroatoms. The third-order valence-corrected chi connectivity index (χ3v) is 2.36. The maximum Gasteiger partial charge on any atom is 0.0989 e. The van der Waals surface area contributed by atoms with Crippen LogP contribution in [0.15, 0.2) is 35.1 Å². The van der Waals surface area contributed by atoms with Crippen molar-refractivity contribution < 1.29 is 10.2 Å². The average molecular weight is 164 g/mol. The molecular weight excluding hydrogens is 152 g/mol. The van der Waals surface area contributed by atoms with E-state index in [1.807, 2.05) is 12.2 Å². The lowest BCUT2D eigenvalue weighted by molar-refractivity contribution is 0.204. The van der Waals surface area contributed by atoms with Crippen molar-refractivity contribution in [2.24, 2.45) is 0 Å². The van der Waals surface area contributed by atoms with E-state index in [1.54, 1.807) is 0 Å². The largest absolute Gasteiger partial charge is 0.512 e. The fraction of sp³-hybridized carbons (Fsp3) is 0.400. The van der Waals surface area contributed by atoms with E-state index in [0.29, 0.717) is 18.6 Å². The number of aliphatic hydroxyl groups excluding tert-OH is 2. The third kappa shape index (κ3) is 1.08. The average Bonchev–Trinajstić information content (AvgIpc) is 2.04. The van der Waals surface area contributed by atoms with E-state index in [2.05, 4.69) is 6.08 Å². The molecule has 1 atom stereocenters. The molecule has 2 N–H and O–H groups in total. The van der Waals surface area contributed by atoms with Crippen molar-refractivity contribution in [3.63, 3.8) is 0 Å². The molecule has 12 heavy (non-hydrogen) atoms. The summed E-state index contributed by atoms with van der Waals surface area (Å²) >= 11 is 0. The van der Waals surface area contributed by atoms with Crippen LogP contribution in [0, 0.1) is 0 Å². The standard InChI is InChI=1S/C10H12O2/c11-8-5-1-3-7-4-2-6-9(12)10(7)8/h1,3-4,8,11-12H,2,5-6H2. The van der Waals surface area contributed by atoms with Gasteiger partial charge in [-0.25, -0.2) is 0 Å². The predicted octanol–water partition coefficient (Wildman–Crippen LogP) is 1.84. The molecular formula is C10H12O2. The highest BCUT2D eigenvalue weighted by molar-refractivity contribution is 5.48. The SMILES string of the molecule is OC1=C2C(=CCC1)C=CCC2O. The Morgan fingerprint density at radius 1 is 1.42 bits per heavy atom. The highest BCUT2D eigenvalue weighted by Crippen LogP contribution is 2.31. The number of allylic oxidation sites excluding steroid dienone is 3. The Morgan fingerprint density at radius 3 is 3.00 bits per heavy atom. The second-order valence-corrected chi connectivity index (χ2v) is 3.21. The van der Waals surface area contributed by atoms with Gasteiger partial charge in [0.15, 0.2) is 0 Å². The molecule has 0 saturated carbocycles. The summed E-state index contributed by atoms with van der Waals surface area (Å²) < 4.78 is 0. The van der Waals surface area contributed by atoms with Gasteiger partial charge in [-0.05, 0) is 18.4 Å². The normalized spacial score (nSPS) is 28.4. The Kier molecular flexibility index (Phi) is 1.77. The topological polar surface area (TPSA) is 40.5 Å². The Balaban J connectivity index is 2.45. The second-order valence-electron chi connectivity index (χ2n) is 3.21. The summed E-state index contributed by atoms with van der Waals surface area (Å²) in [5.74, 6) is 0.365. The Bertz CT molecular complexity index is 284. The lowest BCUT2D eigenvalue weighted by Gasteiger charge is -2.23. The van der Waals surface area contributed by atoms with E-state index < -0.39 is 6.10 Å². The van der Waals surface area contributed by atoms with Crippen LogP contribution in [0.1, 0.15) is 19.3 Å². The first-order chi connectivity index (χ1) is 5.79. The number of aliphatic hydroxyl groups is 2. The molecule has 0 aromatic rings. The molecule has 0 fully saturated rings. The first-order valence-electron chi connectivity index (χ1n) is 4.26. The number of hydrogen-bond acceptors (Lipinski definition) is 2. The number of rotatable bonds is 0. The molecule has 2 aliphatic carbocycles. The molecule has 0 radical (unpaired) electrons. The van der Waals surface area contributed by atoms with E-state index in [4.69, 9.17) is 0 Å². The zero-order chi connectivity index (χ0) is 8.55. The summed E-state index contributed by atoms with van der Waals surface area (Å²) in [5, 5.41) is 19.1. The molecule has 0 amide bonds. The van der Waals surface area contributed by atoms with Gasteiger partial charge in [0.05, 0.1) is 11.9 Å². The molecule has 0 aliphatic heterocycles. The highest BCUT2D eigenvalue weighted by atomic mass is 16.3. The van der Waals surface area contributed by atoms with Crippen LogP contribution in [0.3, 0.4) is 0 Å². The smallest absolute Gasteiger partial charge is 0.0989 e. The molecule has 2 nitrogen and oxygen atoms in total. The van der Waals surface area contributed by atoms with Crippen LogP contribution in [-0.4, -0.2) is 16.3 Å². The van der Waals surface area contributed by atoms with Crippen molar-refractivity contribution in [1.29, 1.82) is 0 Å². The van der Waals surface area contributed by atoms with Gasteiger partial charge in [0, 0.05) is 12.0 Å². The second kappa shape index (κ2) is 2.79. The van der Waals surface area contributed by atoms with Gasteiger partial charge in [-0.2, -0.15) is 0 Å². The summed E-state index contributed by atoms with van der Waals surface area (Å²) in [6.07, 6.45) is 7.65. The fourth-order valence-electron chi connectivity index (χ4n) is 1.76. The van der Waals surface area contributed by atoms with Crippen LogP contribution >= 0.6 is 0 Å². The summed E-state index contributed by atoms with van der Waals surface area (Å²) in [5.41, 5.74) is 1.74. The number of fused-ring (bicyclic) bond motifs is 1. The lowest BCUT2D eigenvalue weighted by Crippen LogP contribution is -2.18. The van der Waals surface area contributed by atoms with Gasteiger partial charge in [0.1, 0.15) is 0 Å². The van der Waals surface area contributed by atoms with Crippen molar-refractivity contribution in [2.75, 3.05) is 0 Å². The van der Waals surface area contributed by atoms with Crippen LogP contribution in [-0.2, 0) is 0 Å². The Hall–Kier alpha value is -1.02. The summed E-state index contributed by atoms with van der Waals surface area (Å²) in [7, 11) is 0. The van der Waals surface area contributed by atoms with Gasteiger partial charge in [-0.15, -0.1) is 0 Å². The van der Waals surface area contributed by atoms with Crippen molar-refractivity contribution >= 4 is 0 Å². The van der Waals surface area contributed by atoms with Crippen LogP contribution in [0.5, 0.6) is 0 Å². The molecule has 0 aromatic carbocycles. The minimum atomic E-state index is -0.499. The zero-order valence-electron chi connectivity index (χ0n) is 6.83. The molecule has 64 valence electrons. The van der Waals surface area contributed by atoms with Crippen molar-refractivity contribution in [2.45, 2.75) is 25.4 Å². The quantitative estimate of drug-likeness (QED) is 0.573. The van der Waals surface area contributed by atoms with Crippen molar-refractivity contribution in [3.8, 4) is 0 Å². The van der Waals surface area contributed by atoms with E-state index in [0.717, 1.165) is 17.6 Å². The molecule has 0 bridgehead atoms. The molecule has 2 rings (SSSR count). The van der Waals surface area contributed by atoms with Gasteiger partial charge in [-0.1, -0.05) is 18.2 Å². The minimum Gasteiger partial charge on any atom is -0.512 e. The summed E-state index contributed by atoms with van der Waals surface area (Å²) in [4.78, 5) is 0. The van der Waals surface area contributed by atoms with E-state index in [1.165, 1.54) is 0 Å². The van der Waals surface area contributed by atoms with Crippen LogP contribution in [0.4, 0.5) is 0 Å². The van der Waals surface area contributed by atoms with Gasteiger partial charge in [0.2, 0.25) is 0 Å². The maximum atomic E-state index is 9.56. The fourth-order valence-corrected chi connectivity index (χ4v) is 1.76.